The number of halogens is 2. The van der Waals surface area contributed by atoms with Crippen LogP contribution in [0.15, 0.2) is 12.2 Å². The molecular formula is C8H13ClFN. The van der Waals surface area contributed by atoms with E-state index in [-0.39, 0.29) is 6.04 Å². The largest absolute Gasteiger partial charge is 0.311 e. The van der Waals surface area contributed by atoms with Gasteiger partial charge in [-0.1, -0.05) is 12.2 Å². The van der Waals surface area contributed by atoms with E-state index in [0.29, 0.717) is 18.8 Å². The zero-order chi connectivity index (χ0) is 8.27. The van der Waals surface area contributed by atoms with Crippen molar-refractivity contribution in [1.82, 2.24) is 5.32 Å². The Labute approximate surface area is 71.6 Å². The Bertz CT molecular complexity index is 149. The highest BCUT2D eigenvalue weighted by Gasteiger charge is 2.23. The van der Waals surface area contributed by atoms with Crippen LogP contribution >= 0.6 is 11.6 Å². The predicted octanol–water partition coefficient (Wildman–Crippen LogP) is 1.87. The molecule has 0 bridgehead atoms. The topological polar surface area (TPSA) is 12.0 Å². The first-order valence-electron chi connectivity index (χ1n) is 3.82. The molecule has 2 unspecified atom stereocenters. The van der Waals surface area contributed by atoms with E-state index in [0.717, 1.165) is 12.0 Å². The first-order valence-corrected chi connectivity index (χ1v) is 4.36. The van der Waals surface area contributed by atoms with Crippen molar-refractivity contribution in [3.63, 3.8) is 0 Å². The van der Waals surface area contributed by atoms with Crippen LogP contribution in [0, 0.1) is 0 Å². The van der Waals surface area contributed by atoms with Crippen molar-refractivity contribution in [3.05, 3.63) is 12.2 Å². The molecular weight excluding hydrogens is 165 g/mol. The molecule has 64 valence electrons. The standard InChI is InChI=1S/C8H13ClFN/c1-6(4-9)2-8-3-7(10)5-11-8/h7-8,11H,1-5H2. The van der Waals surface area contributed by atoms with Crippen LogP contribution < -0.4 is 5.32 Å². The van der Waals surface area contributed by atoms with Crippen molar-refractivity contribution >= 4 is 11.6 Å². The second-order valence-electron chi connectivity index (χ2n) is 3.03. The second kappa shape index (κ2) is 4.07. The fourth-order valence-electron chi connectivity index (χ4n) is 1.33. The first kappa shape index (κ1) is 9.01. The quantitative estimate of drug-likeness (QED) is 0.513. The minimum absolute atomic E-state index is 0.260. The van der Waals surface area contributed by atoms with Gasteiger partial charge in [0.25, 0.3) is 0 Å². The summed E-state index contributed by atoms with van der Waals surface area (Å²) in [4.78, 5) is 0. The first-order chi connectivity index (χ1) is 5.22. The Hall–Kier alpha value is -0.0800. The minimum atomic E-state index is -0.678. The predicted molar refractivity (Wildman–Crippen MR) is 45.8 cm³/mol. The molecule has 0 aromatic rings. The number of hydrogen-bond donors (Lipinski definition) is 1. The molecule has 0 aliphatic carbocycles. The summed E-state index contributed by atoms with van der Waals surface area (Å²) in [6.45, 7) is 4.25. The number of alkyl halides is 2. The number of rotatable bonds is 3. The normalized spacial score (nSPS) is 30.7. The lowest BCUT2D eigenvalue weighted by atomic mass is 10.1. The third kappa shape index (κ3) is 2.80. The van der Waals surface area contributed by atoms with Gasteiger partial charge in [-0.15, -0.1) is 11.6 Å². The van der Waals surface area contributed by atoms with E-state index in [1.54, 1.807) is 0 Å². The fraction of sp³-hybridized carbons (Fsp3) is 0.750. The molecule has 0 amide bonds. The Morgan fingerprint density at radius 2 is 2.45 bits per heavy atom. The molecule has 2 atom stereocenters. The van der Waals surface area contributed by atoms with Crippen LogP contribution in [0.1, 0.15) is 12.8 Å². The molecule has 0 spiro atoms. The Morgan fingerprint density at radius 1 is 1.73 bits per heavy atom. The van der Waals surface area contributed by atoms with Gasteiger partial charge >= 0.3 is 0 Å². The van der Waals surface area contributed by atoms with Crippen LogP contribution in [0.2, 0.25) is 0 Å². The van der Waals surface area contributed by atoms with Crippen LogP contribution in [0.5, 0.6) is 0 Å². The van der Waals surface area contributed by atoms with E-state index < -0.39 is 6.17 Å². The van der Waals surface area contributed by atoms with Gasteiger partial charge in [0.1, 0.15) is 6.17 Å². The molecule has 0 radical (unpaired) electrons. The highest BCUT2D eigenvalue weighted by atomic mass is 35.5. The lowest BCUT2D eigenvalue weighted by Crippen LogP contribution is -2.21. The lowest BCUT2D eigenvalue weighted by Gasteiger charge is -2.09. The van der Waals surface area contributed by atoms with E-state index in [1.807, 2.05) is 0 Å². The fourth-order valence-corrected chi connectivity index (χ4v) is 1.44. The average Bonchev–Trinajstić information content (AvgIpc) is 2.35. The molecule has 1 N–H and O–H groups in total. The van der Waals surface area contributed by atoms with E-state index in [2.05, 4.69) is 11.9 Å². The smallest absolute Gasteiger partial charge is 0.114 e. The number of nitrogens with one attached hydrogen (secondary N) is 1. The molecule has 1 nitrogen and oxygen atoms in total. The lowest BCUT2D eigenvalue weighted by molar-refractivity contribution is 0.355. The Morgan fingerprint density at radius 3 is 2.91 bits per heavy atom. The van der Waals surface area contributed by atoms with E-state index in [9.17, 15) is 4.39 Å². The number of hydrogen-bond acceptors (Lipinski definition) is 1. The molecule has 11 heavy (non-hydrogen) atoms. The Kier molecular flexibility index (Phi) is 3.34. The average molecular weight is 178 g/mol. The summed E-state index contributed by atoms with van der Waals surface area (Å²) in [7, 11) is 0. The maximum absolute atomic E-state index is 12.6. The molecule has 0 aromatic carbocycles. The zero-order valence-corrected chi connectivity index (χ0v) is 7.20. The third-order valence-electron chi connectivity index (χ3n) is 1.89. The van der Waals surface area contributed by atoms with Crippen molar-refractivity contribution in [2.45, 2.75) is 25.1 Å². The van der Waals surface area contributed by atoms with E-state index >= 15 is 0 Å². The molecule has 1 fully saturated rings. The summed E-state index contributed by atoms with van der Waals surface area (Å²) in [5, 5.41) is 3.08. The van der Waals surface area contributed by atoms with Crippen molar-refractivity contribution in [2.24, 2.45) is 0 Å². The summed E-state index contributed by atoms with van der Waals surface area (Å²) in [5.74, 6) is 0.481. The van der Waals surface area contributed by atoms with E-state index in [4.69, 9.17) is 11.6 Å². The molecule has 1 rings (SSSR count). The maximum atomic E-state index is 12.6. The summed E-state index contributed by atoms with van der Waals surface area (Å²) in [6.07, 6.45) is 0.739. The van der Waals surface area contributed by atoms with Crippen molar-refractivity contribution in [1.29, 1.82) is 0 Å². The monoisotopic (exact) mass is 177 g/mol. The maximum Gasteiger partial charge on any atom is 0.114 e. The third-order valence-corrected chi connectivity index (χ3v) is 2.27. The van der Waals surface area contributed by atoms with Gasteiger partial charge in [0.15, 0.2) is 0 Å². The summed E-state index contributed by atoms with van der Waals surface area (Å²) >= 11 is 5.55. The summed E-state index contributed by atoms with van der Waals surface area (Å²) < 4.78 is 12.6. The van der Waals surface area contributed by atoms with Crippen LogP contribution in [0.3, 0.4) is 0 Å². The highest BCUT2D eigenvalue weighted by Crippen LogP contribution is 2.16. The molecule has 0 saturated carbocycles. The summed E-state index contributed by atoms with van der Waals surface area (Å²) in [5.41, 5.74) is 0.985. The van der Waals surface area contributed by atoms with Crippen molar-refractivity contribution < 1.29 is 4.39 Å². The molecule has 0 aromatic heterocycles. The second-order valence-corrected chi connectivity index (χ2v) is 3.29. The van der Waals surface area contributed by atoms with Gasteiger partial charge in [-0.2, -0.15) is 0 Å². The Balaban J connectivity index is 2.23. The van der Waals surface area contributed by atoms with Gasteiger partial charge in [-0.05, 0) is 12.8 Å². The molecule has 3 heteroatoms. The van der Waals surface area contributed by atoms with Gasteiger partial charge in [-0.25, -0.2) is 4.39 Å². The van der Waals surface area contributed by atoms with Crippen molar-refractivity contribution in [2.75, 3.05) is 12.4 Å². The minimum Gasteiger partial charge on any atom is -0.311 e. The molecule has 1 heterocycles. The van der Waals surface area contributed by atoms with Gasteiger partial charge in [0.2, 0.25) is 0 Å². The van der Waals surface area contributed by atoms with Crippen LogP contribution in [-0.4, -0.2) is 24.6 Å². The molecule has 1 saturated heterocycles. The van der Waals surface area contributed by atoms with Gasteiger partial charge in [0, 0.05) is 18.5 Å². The SMILES string of the molecule is C=C(CCl)CC1CC(F)CN1. The molecule has 1 aliphatic heterocycles. The van der Waals surface area contributed by atoms with Crippen LogP contribution in [0.25, 0.3) is 0 Å². The van der Waals surface area contributed by atoms with Gasteiger partial charge < -0.3 is 5.32 Å². The van der Waals surface area contributed by atoms with Crippen LogP contribution in [-0.2, 0) is 0 Å². The van der Waals surface area contributed by atoms with Crippen molar-refractivity contribution in [3.8, 4) is 0 Å². The highest BCUT2D eigenvalue weighted by molar-refractivity contribution is 6.19. The van der Waals surface area contributed by atoms with E-state index in [1.165, 1.54) is 0 Å². The van der Waals surface area contributed by atoms with Gasteiger partial charge in [-0.3, -0.25) is 0 Å². The van der Waals surface area contributed by atoms with Gasteiger partial charge in [0.05, 0.1) is 0 Å². The van der Waals surface area contributed by atoms with Crippen LogP contribution in [0.4, 0.5) is 4.39 Å². The summed E-state index contributed by atoms with van der Waals surface area (Å²) in [6, 6.07) is 0.260. The molecule has 1 aliphatic rings. The zero-order valence-electron chi connectivity index (χ0n) is 6.45.